The standard InChI is InChI=1S/C14H13IO2/c1-16-12-5-3-4-10(8-12)11-6-7-13(15)14(9-11)17-2/h3-9H,1-2H3. The molecule has 0 heterocycles. The summed E-state index contributed by atoms with van der Waals surface area (Å²) in [5.41, 5.74) is 2.25. The van der Waals surface area contributed by atoms with Crippen LogP contribution in [-0.4, -0.2) is 14.2 Å². The van der Waals surface area contributed by atoms with E-state index in [1.807, 2.05) is 30.3 Å². The van der Waals surface area contributed by atoms with Gasteiger partial charge in [0.15, 0.2) is 0 Å². The van der Waals surface area contributed by atoms with Crippen LogP contribution < -0.4 is 9.47 Å². The van der Waals surface area contributed by atoms with Crippen molar-refractivity contribution in [1.29, 1.82) is 0 Å². The summed E-state index contributed by atoms with van der Waals surface area (Å²) in [6.07, 6.45) is 0. The Morgan fingerprint density at radius 2 is 1.65 bits per heavy atom. The van der Waals surface area contributed by atoms with Gasteiger partial charge in [-0.25, -0.2) is 0 Å². The third kappa shape index (κ3) is 2.72. The minimum absolute atomic E-state index is 0.861. The second-order valence-corrected chi connectivity index (χ2v) is 4.74. The van der Waals surface area contributed by atoms with Crippen molar-refractivity contribution in [3.05, 3.63) is 46.0 Å². The Morgan fingerprint density at radius 1 is 0.882 bits per heavy atom. The van der Waals surface area contributed by atoms with Crippen LogP contribution in [0.5, 0.6) is 11.5 Å². The fourth-order valence-electron chi connectivity index (χ4n) is 1.64. The monoisotopic (exact) mass is 340 g/mol. The van der Waals surface area contributed by atoms with Gasteiger partial charge >= 0.3 is 0 Å². The van der Waals surface area contributed by atoms with E-state index in [-0.39, 0.29) is 0 Å². The van der Waals surface area contributed by atoms with E-state index in [9.17, 15) is 0 Å². The first-order chi connectivity index (χ1) is 8.24. The summed E-state index contributed by atoms with van der Waals surface area (Å²) in [6.45, 7) is 0. The van der Waals surface area contributed by atoms with Crippen molar-refractivity contribution < 1.29 is 9.47 Å². The first-order valence-corrected chi connectivity index (χ1v) is 6.30. The molecular formula is C14H13IO2. The average molecular weight is 340 g/mol. The van der Waals surface area contributed by atoms with Crippen molar-refractivity contribution in [3.63, 3.8) is 0 Å². The highest BCUT2D eigenvalue weighted by Crippen LogP contribution is 2.29. The topological polar surface area (TPSA) is 18.5 Å². The van der Waals surface area contributed by atoms with Gasteiger partial charge in [-0.05, 0) is 58.0 Å². The van der Waals surface area contributed by atoms with Crippen LogP contribution in [0.4, 0.5) is 0 Å². The molecule has 0 aliphatic rings. The van der Waals surface area contributed by atoms with E-state index < -0.39 is 0 Å². The first-order valence-electron chi connectivity index (χ1n) is 5.22. The molecule has 0 atom stereocenters. The molecule has 0 aliphatic heterocycles. The molecule has 2 aromatic carbocycles. The first kappa shape index (κ1) is 12.2. The lowest BCUT2D eigenvalue weighted by atomic mass is 10.1. The number of benzene rings is 2. The van der Waals surface area contributed by atoms with Gasteiger partial charge in [-0.15, -0.1) is 0 Å². The summed E-state index contributed by atoms with van der Waals surface area (Å²) in [6, 6.07) is 14.2. The fourth-order valence-corrected chi connectivity index (χ4v) is 2.20. The summed E-state index contributed by atoms with van der Waals surface area (Å²) in [5.74, 6) is 1.76. The normalized spacial score (nSPS) is 10.1. The van der Waals surface area contributed by atoms with Crippen LogP contribution in [0.1, 0.15) is 0 Å². The molecule has 0 amide bonds. The molecule has 17 heavy (non-hydrogen) atoms. The Bertz CT molecular complexity index is 523. The van der Waals surface area contributed by atoms with E-state index >= 15 is 0 Å². The smallest absolute Gasteiger partial charge is 0.132 e. The van der Waals surface area contributed by atoms with Crippen LogP contribution in [0.15, 0.2) is 42.5 Å². The third-order valence-electron chi connectivity index (χ3n) is 2.55. The quantitative estimate of drug-likeness (QED) is 0.787. The molecule has 0 spiro atoms. The zero-order chi connectivity index (χ0) is 12.3. The van der Waals surface area contributed by atoms with Crippen molar-refractivity contribution in [2.24, 2.45) is 0 Å². The van der Waals surface area contributed by atoms with Crippen molar-refractivity contribution in [2.45, 2.75) is 0 Å². The maximum absolute atomic E-state index is 5.32. The third-order valence-corrected chi connectivity index (χ3v) is 3.45. The molecule has 0 bridgehead atoms. The van der Waals surface area contributed by atoms with Crippen LogP contribution in [0.25, 0.3) is 11.1 Å². The number of rotatable bonds is 3. The molecule has 0 unspecified atom stereocenters. The molecule has 0 fully saturated rings. The summed E-state index contributed by atoms with van der Waals surface area (Å²) in [4.78, 5) is 0. The van der Waals surface area contributed by atoms with Crippen LogP contribution in [-0.2, 0) is 0 Å². The Hall–Kier alpha value is -1.23. The van der Waals surface area contributed by atoms with Crippen molar-refractivity contribution in [3.8, 4) is 22.6 Å². The van der Waals surface area contributed by atoms with Gasteiger partial charge in [-0.3, -0.25) is 0 Å². The molecule has 2 aromatic rings. The van der Waals surface area contributed by atoms with Crippen LogP contribution in [0, 0.1) is 3.57 Å². The molecule has 0 saturated carbocycles. The van der Waals surface area contributed by atoms with Gasteiger partial charge < -0.3 is 9.47 Å². The summed E-state index contributed by atoms with van der Waals surface area (Å²) in [7, 11) is 3.36. The van der Waals surface area contributed by atoms with E-state index in [1.54, 1.807) is 14.2 Å². The lowest BCUT2D eigenvalue weighted by molar-refractivity contribution is 0.412. The van der Waals surface area contributed by atoms with Crippen molar-refractivity contribution >= 4 is 22.6 Å². The van der Waals surface area contributed by atoms with E-state index in [2.05, 4.69) is 34.7 Å². The molecule has 3 heteroatoms. The Morgan fingerprint density at radius 3 is 2.35 bits per heavy atom. The van der Waals surface area contributed by atoms with Gasteiger partial charge in [-0.1, -0.05) is 18.2 Å². The van der Waals surface area contributed by atoms with Gasteiger partial charge in [0.1, 0.15) is 11.5 Å². The average Bonchev–Trinajstić information content (AvgIpc) is 2.39. The molecule has 0 N–H and O–H groups in total. The predicted molar refractivity (Wildman–Crippen MR) is 77.7 cm³/mol. The van der Waals surface area contributed by atoms with E-state index in [0.29, 0.717) is 0 Å². The minimum atomic E-state index is 0.861. The zero-order valence-electron chi connectivity index (χ0n) is 9.74. The maximum atomic E-state index is 5.32. The second-order valence-electron chi connectivity index (χ2n) is 3.58. The predicted octanol–water partition coefficient (Wildman–Crippen LogP) is 3.98. The highest BCUT2D eigenvalue weighted by molar-refractivity contribution is 14.1. The van der Waals surface area contributed by atoms with E-state index in [0.717, 1.165) is 26.2 Å². The van der Waals surface area contributed by atoms with Crippen molar-refractivity contribution in [2.75, 3.05) is 14.2 Å². The molecule has 2 rings (SSSR count). The molecule has 0 saturated heterocycles. The van der Waals surface area contributed by atoms with E-state index in [4.69, 9.17) is 9.47 Å². The van der Waals surface area contributed by atoms with Gasteiger partial charge in [0.2, 0.25) is 0 Å². The molecule has 0 radical (unpaired) electrons. The zero-order valence-corrected chi connectivity index (χ0v) is 11.9. The Kier molecular flexibility index (Phi) is 3.89. The summed E-state index contributed by atoms with van der Waals surface area (Å²) < 4.78 is 11.7. The summed E-state index contributed by atoms with van der Waals surface area (Å²) >= 11 is 2.26. The van der Waals surface area contributed by atoms with Gasteiger partial charge in [0.25, 0.3) is 0 Å². The lowest BCUT2D eigenvalue weighted by Crippen LogP contribution is -1.88. The van der Waals surface area contributed by atoms with Gasteiger partial charge in [-0.2, -0.15) is 0 Å². The maximum Gasteiger partial charge on any atom is 0.132 e. The van der Waals surface area contributed by atoms with Crippen molar-refractivity contribution in [1.82, 2.24) is 0 Å². The number of ether oxygens (including phenoxy) is 2. The number of halogens is 1. The SMILES string of the molecule is COc1cccc(-c2ccc(I)c(OC)c2)c1. The van der Waals surface area contributed by atoms with Crippen LogP contribution in [0.2, 0.25) is 0 Å². The Labute approximate surface area is 115 Å². The Balaban J connectivity index is 2.45. The van der Waals surface area contributed by atoms with E-state index in [1.165, 1.54) is 0 Å². The lowest BCUT2D eigenvalue weighted by Gasteiger charge is -2.08. The fraction of sp³-hybridized carbons (Fsp3) is 0.143. The number of hydrogen-bond donors (Lipinski definition) is 0. The molecule has 2 nitrogen and oxygen atoms in total. The largest absolute Gasteiger partial charge is 0.497 e. The molecule has 0 aromatic heterocycles. The molecular weight excluding hydrogens is 327 g/mol. The highest BCUT2D eigenvalue weighted by atomic mass is 127. The van der Waals surface area contributed by atoms with Crippen LogP contribution >= 0.6 is 22.6 Å². The number of methoxy groups -OCH3 is 2. The highest BCUT2D eigenvalue weighted by Gasteiger charge is 2.04. The molecule has 88 valence electrons. The minimum Gasteiger partial charge on any atom is -0.497 e. The molecule has 0 aliphatic carbocycles. The second kappa shape index (κ2) is 5.40. The summed E-state index contributed by atoms with van der Waals surface area (Å²) in [5, 5.41) is 0. The van der Waals surface area contributed by atoms with Gasteiger partial charge in [0.05, 0.1) is 17.8 Å². The number of hydrogen-bond acceptors (Lipinski definition) is 2. The van der Waals surface area contributed by atoms with Gasteiger partial charge in [0, 0.05) is 0 Å². The van der Waals surface area contributed by atoms with Crippen LogP contribution in [0.3, 0.4) is 0 Å².